The van der Waals surface area contributed by atoms with Gasteiger partial charge in [0.25, 0.3) is 0 Å². The van der Waals surface area contributed by atoms with Gasteiger partial charge in [-0.3, -0.25) is 37.3 Å². The normalized spacial score (nSPS) is 13.9. The van der Waals surface area contributed by atoms with Gasteiger partial charge in [-0.05, 0) is 37.5 Å². The number of esters is 4. The third-order valence-corrected chi connectivity index (χ3v) is 21.4. The summed E-state index contributed by atoms with van der Waals surface area (Å²) < 4.78 is 68.8. The molecule has 0 aromatic heterocycles. The Labute approximate surface area is 626 Å². The van der Waals surface area contributed by atoms with Gasteiger partial charge in [-0.25, -0.2) is 9.13 Å². The van der Waals surface area contributed by atoms with Crippen molar-refractivity contribution in [3.63, 3.8) is 0 Å². The van der Waals surface area contributed by atoms with E-state index < -0.39 is 97.5 Å². The van der Waals surface area contributed by atoms with Gasteiger partial charge in [-0.2, -0.15) is 0 Å². The molecule has 17 nitrogen and oxygen atoms in total. The summed E-state index contributed by atoms with van der Waals surface area (Å²) in [5.74, 6) is -0.576. The molecule has 0 aromatic rings. The fourth-order valence-corrected chi connectivity index (χ4v) is 14.5. The van der Waals surface area contributed by atoms with Crippen molar-refractivity contribution in [3.05, 3.63) is 0 Å². The Morgan fingerprint density at radius 3 is 0.667 bits per heavy atom. The number of aliphatic hydroxyl groups excluding tert-OH is 1. The van der Waals surface area contributed by atoms with E-state index >= 15 is 0 Å². The van der Waals surface area contributed by atoms with E-state index in [1.807, 2.05) is 0 Å². The Bertz CT molecular complexity index is 1960. The first-order chi connectivity index (χ1) is 49.4. The van der Waals surface area contributed by atoms with Crippen LogP contribution in [0.15, 0.2) is 0 Å². The van der Waals surface area contributed by atoms with Crippen molar-refractivity contribution >= 4 is 39.5 Å². The first kappa shape index (κ1) is 100. The number of unbranched alkanes of at least 4 members (excludes halogenated alkanes) is 52. The van der Waals surface area contributed by atoms with Crippen molar-refractivity contribution in [2.24, 2.45) is 11.8 Å². The summed E-state index contributed by atoms with van der Waals surface area (Å²) in [4.78, 5) is 73.1. The number of ether oxygens (including phenoxy) is 4. The predicted octanol–water partition coefficient (Wildman–Crippen LogP) is 25.1. The van der Waals surface area contributed by atoms with Crippen LogP contribution in [0.1, 0.15) is 440 Å². The molecule has 102 heavy (non-hydrogen) atoms. The molecule has 19 heteroatoms. The Hall–Kier alpha value is -1.94. The van der Waals surface area contributed by atoms with Crippen molar-refractivity contribution in [2.45, 2.75) is 458 Å². The average Bonchev–Trinajstić information content (AvgIpc) is 0.983. The summed E-state index contributed by atoms with van der Waals surface area (Å²) in [6.45, 7) is 9.65. The highest BCUT2D eigenvalue weighted by Gasteiger charge is 2.30. The molecule has 0 aliphatic carbocycles. The maximum absolute atomic E-state index is 13.1. The average molecular weight is 1490 g/mol. The molecule has 0 rings (SSSR count). The smallest absolute Gasteiger partial charge is 0.462 e. The molecule has 0 fully saturated rings. The molecule has 0 saturated carbocycles. The number of phosphoric ester groups is 2. The molecule has 0 spiro atoms. The maximum atomic E-state index is 13.1. The summed E-state index contributed by atoms with van der Waals surface area (Å²) in [5.41, 5.74) is 0. The van der Waals surface area contributed by atoms with Gasteiger partial charge in [-0.15, -0.1) is 0 Å². The van der Waals surface area contributed by atoms with E-state index in [-0.39, 0.29) is 25.7 Å². The topological polar surface area (TPSA) is 237 Å². The van der Waals surface area contributed by atoms with Crippen molar-refractivity contribution in [1.82, 2.24) is 0 Å². The highest BCUT2D eigenvalue weighted by Crippen LogP contribution is 2.45. The molecular formula is C83H162O17P2. The number of rotatable bonds is 82. The summed E-state index contributed by atoms with van der Waals surface area (Å²) in [7, 11) is -9.92. The van der Waals surface area contributed by atoms with Gasteiger partial charge in [0.1, 0.15) is 19.3 Å². The molecule has 0 aliphatic rings. The minimum atomic E-state index is -4.96. The molecule has 2 unspecified atom stereocenters. The van der Waals surface area contributed by atoms with Crippen molar-refractivity contribution in [1.29, 1.82) is 0 Å². The van der Waals surface area contributed by atoms with Crippen LogP contribution >= 0.6 is 15.6 Å². The van der Waals surface area contributed by atoms with Crippen LogP contribution in [0.25, 0.3) is 0 Å². The quantitative estimate of drug-likeness (QED) is 0.0222. The van der Waals surface area contributed by atoms with Gasteiger partial charge in [0.05, 0.1) is 26.4 Å². The van der Waals surface area contributed by atoms with Gasteiger partial charge in [0, 0.05) is 25.7 Å². The van der Waals surface area contributed by atoms with Gasteiger partial charge < -0.3 is 33.8 Å². The summed E-state index contributed by atoms with van der Waals surface area (Å²) in [6.07, 6.45) is 65.2. The first-order valence-electron chi connectivity index (χ1n) is 43.0. The lowest BCUT2D eigenvalue weighted by molar-refractivity contribution is -0.161. The van der Waals surface area contributed by atoms with Gasteiger partial charge in [0.15, 0.2) is 12.2 Å². The molecule has 0 heterocycles. The molecule has 0 saturated heterocycles. The van der Waals surface area contributed by atoms with E-state index in [0.717, 1.165) is 102 Å². The summed E-state index contributed by atoms with van der Waals surface area (Å²) in [6, 6.07) is 0. The van der Waals surface area contributed by atoms with E-state index in [1.54, 1.807) is 0 Å². The monoisotopic (exact) mass is 1490 g/mol. The molecule has 606 valence electrons. The van der Waals surface area contributed by atoms with E-state index in [0.29, 0.717) is 25.7 Å². The lowest BCUT2D eigenvalue weighted by Gasteiger charge is -2.21. The zero-order valence-corrected chi connectivity index (χ0v) is 68.7. The zero-order chi connectivity index (χ0) is 74.9. The minimum Gasteiger partial charge on any atom is -0.462 e. The second-order valence-corrected chi connectivity index (χ2v) is 33.7. The number of hydrogen-bond acceptors (Lipinski definition) is 15. The van der Waals surface area contributed by atoms with Crippen molar-refractivity contribution in [3.8, 4) is 0 Å². The molecule has 3 N–H and O–H groups in total. The van der Waals surface area contributed by atoms with Gasteiger partial charge in [0.2, 0.25) is 0 Å². The fourth-order valence-electron chi connectivity index (χ4n) is 12.9. The van der Waals surface area contributed by atoms with E-state index in [9.17, 15) is 43.2 Å². The SMILES string of the molecule is CCCCCCCCCCCCCCCCCCCCC(=O)OC[C@H](COP(=O)(O)OC[C@@H](O)COP(=O)(O)OC[C@@H](COC(=O)CCCCCCCCCCC(C)C)OC(=O)CCCCCCCCCCCCCCCCC)OC(=O)CCCCCCCCCCCCCCCCCC(C)C. The molecule has 0 bridgehead atoms. The van der Waals surface area contributed by atoms with Crippen molar-refractivity contribution < 1.29 is 80.2 Å². The third kappa shape index (κ3) is 76.3. The van der Waals surface area contributed by atoms with Crippen LogP contribution in [0.3, 0.4) is 0 Å². The number of aliphatic hydroxyl groups is 1. The van der Waals surface area contributed by atoms with Crippen LogP contribution in [0.4, 0.5) is 0 Å². The van der Waals surface area contributed by atoms with E-state index in [2.05, 4.69) is 41.5 Å². The Morgan fingerprint density at radius 2 is 0.451 bits per heavy atom. The van der Waals surface area contributed by atoms with Gasteiger partial charge >= 0.3 is 39.5 Å². The first-order valence-corrected chi connectivity index (χ1v) is 46.0. The van der Waals surface area contributed by atoms with E-state index in [4.69, 9.17) is 37.0 Å². The van der Waals surface area contributed by atoms with Crippen LogP contribution in [0, 0.1) is 11.8 Å². The van der Waals surface area contributed by atoms with Crippen LogP contribution in [-0.4, -0.2) is 96.7 Å². The van der Waals surface area contributed by atoms with Gasteiger partial charge in [-0.1, -0.05) is 388 Å². The highest BCUT2D eigenvalue weighted by atomic mass is 31.2. The lowest BCUT2D eigenvalue weighted by atomic mass is 10.0. The molecule has 0 aliphatic heterocycles. The number of phosphoric acid groups is 2. The Kier molecular flexibility index (Phi) is 73.1. The summed E-state index contributed by atoms with van der Waals surface area (Å²) >= 11 is 0. The van der Waals surface area contributed by atoms with Crippen LogP contribution in [0.5, 0.6) is 0 Å². The molecule has 0 radical (unpaired) electrons. The Balaban J connectivity index is 5.25. The summed E-state index contributed by atoms with van der Waals surface area (Å²) in [5, 5.41) is 10.7. The largest absolute Gasteiger partial charge is 0.472 e. The second-order valence-electron chi connectivity index (χ2n) is 30.8. The number of hydrogen-bond donors (Lipinski definition) is 3. The lowest BCUT2D eigenvalue weighted by Crippen LogP contribution is -2.30. The van der Waals surface area contributed by atoms with Crippen molar-refractivity contribution in [2.75, 3.05) is 39.6 Å². The van der Waals surface area contributed by atoms with Crippen LogP contribution in [0.2, 0.25) is 0 Å². The third-order valence-electron chi connectivity index (χ3n) is 19.5. The Morgan fingerprint density at radius 1 is 0.265 bits per heavy atom. The second kappa shape index (κ2) is 74.5. The standard InChI is InChI=1S/C83H162O17P2/c1-7-9-11-13-15-17-19-21-23-24-25-29-32-36-40-47-53-59-65-80(85)93-71-78(99-82(87)68-62-56-50-42-38-34-30-26-28-31-35-39-45-51-57-63-75(3)4)73-97-101(89,90)95-69-77(84)70-96-102(91,92)98-74-79(72-94-81(86)66-60-54-48-44-43-46-52-58-64-76(5)6)100-83(88)67-61-55-49-41-37-33-27-22-20-18-16-14-12-10-8-2/h75-79,84H,7-74H2,1-6H3,(H,89,90)(H,91,92)/t77-,78-,79-/m1/s1. The highest BCUT2D eigenvalue weighted by molar-refractivity contribution is 7.47. The molecule has 5 atom stereocenters. The predicted molar refractivity (Wildman–Crippen MR) is 418 cm³/mol. The number of carbonyl (C=O) groups excluding carboxylic acids is 4. The zero-order valence-electron chi connectivity index (χ0n) is 66.9. The maximum Gasteiger partial charge on any atom is 0.472 e. The number of carbonyl (C=O) groups is 4. The minimum absolute atomic E-state index is 0.108. The molecule has 0 amide bonds. The molecular weight excluding hydrogens is 1330 g/mol. The fraction of sp³-hybridized carbons (Fsp3) is 0.952. The van der Waals surface area contributed by atoms with Crippen LogP contribution < -0.4 is 0 Å². The van der Waals surface area contributed by atoms with Crippen LogP contribution in [-0.2, 0) is 65.4 Å². The van der Waals surface area contributed by atoms with E-state index in [1.165, 1.54) is 257 Å². The molecule has 0 aromatic carbocycles.